The Morgan fingerprint density at radius 1 is 1.40 bits per heavy atom. The molecule has 1 atom stereocenters. The highest BCUT2D eigenvalue weighted by molar-refractivity contribution is 6.74. The minimum Gasteiger partial charge on any atom is -0.499 e. The van der Waals surface area contributed by atoms with Crippen molar-refractivity contribution < 1.29 is 18.8 Å². The lowest BCUT2D eigenvalue weighted by Crippen LogP contribution is -2.47. The van der Waals surface area contributed by atoms with Gasteiger partial charge in [0.15, 0.2) is 8.32 Å². The van der Waals surface area contributed by atoms with Crippen molar-refractivity contribution in [1.29, 1.82) is 0 Å². The molecule has 1 aliphatic heterocycles. The molecule has 0 saturated heterocycles. The van der Waals surface area contributed by atoms with Gasteiger partial charge in [-0.3, -0.25) is 14.5 Å². The van der Waals surface area contributed by atoms with Crippen LogP contribution in [0.3, 0.4) is 0 Å². The van der Waals surface area contributed by atoms with Gasteiger partial charge in [-0.2, -0.15) is 0 Å². The van der Waals surface area contributed by atoms with Crippen LogP contribution in [0.5, 0.6) is 0 Å². The Kier molecular flexibility index (Phi) is 4.81. The summed E-state index contributed by atoms with van der Waals surface area (Å²) < 4.78 is 11.3. The Labute approximate surface area is 122 Å². The molecule has 1 aliphatic rings. The quantitative estimate of drug-likeness (QED) is 0.747. The molecule has 0 spiro atoms. The van der Waals surface area contributed by atoms with Crippen LogP contribution in [0, 0.1) is 0 Å². The van der Waals surface area contributed by atoms with E-state index in [1.165, 1.54) is 25.0 Å². The van der Waals surface area contributed by atoms with Gasteiger partial charge >= 0.3 is 0 Å². The molecule has 1 heterocycles. The van der Waals surface area contributed by atoms with E-state index >= 15 is 0 Å². The number of hydrogen-bond donors (Lipinski definition) is 0. The van der Waals surface area contributed by atoms with Gasteiger partial charge in [-0.15, -0.1) is 0 Å². The lowest BCUT2D eigenvalue weighted by atomic mass is 10.2. The van der Waals surface area contributed by atoms with Gasteiger partial charge in [-0.05, 0) is 18.1 Å². The molecule has 6 heteroatoms. The van der Waals surface area contributed by atoms with E-state index in [4.69, 9.17) is 9.16 Å². The molecular formula is C14H25NO4Si. The fourth-order valence-corrected chi connectivity index (χ4v) is 2.81. The smallest absolute Gasteiger partial charge is 0.257 e. The van der Waals surface area contributed by atoms with E-state index in [1.807, 2.05) is 0 Å². The molecule has 0 aromatic heterocycles. The number of nitrogens with zero attached hydrogens (tertiary/aromatic N) is 1. The Bertz CT molecular complexity index is 437. The number of methoxy groups -OCH3 is 1. The number of carbonyl (C=O) groups excluding carboxylic acids is 2. The van der Waals surface area contributed by atoms with E-state index in [0.717, 1.165) is 0 Å². The van der Waals surface area contributed by atoms with Crippen LogP contribution in [-0.4, -0.2) is 44.8 Å². The summed E-state index contributed by atoms with van der Waals surface area (Å²) in [5, 5.41) is 0.0770. The summed E-state index contributed by atoms with van der Waals surface area (Å²) in [6.07, 6.45) is 1.36. The van der Waals surface area contributed by atoms with Gasteiger partial charge in [0.25, 0.3) is 5.91 Å². The lowest BCUT2D eigenvalue weighted by Gasteiger charge is -2.37. The molecular weight excluding hydrogens is 274 g/mol. The third-order valence-corrected chi connectivity index (χ3v) is 8.63. The third-order valence-electron chi connectivity index (χ3n) is 4.13. The van der Waals surface area contributed by atoms with E-state index in [-0.39, 0.29) is 16.9 Å². The lowest BCUT2D eigenvalue weighted by molar-refractivity contribution is -0.142. The summed E-state index contributed by atoms with van der Waals surface area (Å²) in [6.45, 7) is 12.4. The van der Waals surface area contributed by atoms with Gasteiger partial charge in [0.2, 0.25) is 5.91 Å². The standard InChI is InChI=1S/C14H25NO4Si/c1-10(16)15-11(12(18-5)8-13(15)17)9-19-20(6,7)14(2,3)4/h8,11H,9H2,1-7H3/t11-/m0/s1. The van der Waals surface area contributed by atoms with Crippen molar-refractivity contribution in [2.24, 2.45) is 0 Å². The van der Waals surface area contributed by atoms with Crippen LogP contribution in [0.1, 0.15) is 27.7 Å². The molecule has 0 fully saturated rings. The summed E-state index contributed by atoms with van der Waals surface area (Å²) in [6, 6.07) is -0.445. The molecule has 0 aliphatic carbocycles. The highest BCUT2D eigenvalue weighted by atomic mass is 28.4. The number of carbonyl (C=O) groups is 2. The first-order chi connectivity index (χ1) is 9.01. The summed E-state index contributed by atoms with van der Waals surface area (Å²) in [5.41, 5.74) is 0. The van der Waals surface area contributed by atoms with Crippen LogP contribution >= 0.6 is 0 Å². The molecule has 2 amide bonds. The average Bonchev–Trinajstić information content (AvgIpc) is 2.61. The maximum atomic E-state index is 11.8. The minimum atomic E-state index is -1.93. The van der Waals surface area contributed by atoms with E-state index in [2.05, 4.69) is 33.9 Å². The van der Waals surface area contributed by atoms with Crippen molar-refractivity contribution in [2.45, 2.75) is 51.9 Å². The summed E-state index contributed by atoms with van der Waals surface area (Å²) in [4.78, 5) is 24.6. The van der Waals surface area contributed by atoms with Crippen LogP contribution in [-0.2, 0) is 18.8 Å². The maximum absolute atomic E-state index is 11.8. The first-order valence-electron chi connectivity index (χ1n) is 6.74. The highest BCUT2D eigenvalue weighted by Gasteiger charge is 2.41. The summed E-state index contributed by atoms with van der Waals surface area (Å²) >= 11 is 0. The zero-order valence-corrected chi connectivity index (χ0v) is 14.4. The zero-order chi connectivity index (χ0) is 15.7. The Morgan fingerprint density at radius 2 is 1.95 bits per heavy atom. The largest absolute Gasteiger partial charge is 0.499 e. The highest BCUT2D eigenvalue weighted by Crippen LogP contribution is 2.37. The molecule has 1 rings (SSSR count). The van der Waals surface area contributed by atoms with Crippen LogP contribution in [0.25, 0.3) is 0 Å². The second kappa shape index (κ2) is 5.69. The number of rotatable bonds is 4. The monoisotopic (exact) mass is 299 g/mol. The van der Waals surface area contributed by atoms with E-state index in [1.54, 1.807) is 0 Å². The van der Waals surface area contributed by atoms with Crippen molar-refractivity contribution in [2.75, 3.05) is 13.7 Å². The first kappa shape index (κ1) is 16.9. The van der Waals surface area contributed by atoms with Crippen LogP contribution in [0.15, 0.2) is 11.8 Å². The topological polar surface area (TPSA) is 55.8 Å². The fourth-order valence-electron chi connectivity index (χ4n) is 1.80. The number of hydrogen-bond acceptors (Lipinski definition) is 4. The predicted molar refractivity (Wildman–Crippen MR) is 79.6 cm³/mol. The molecule has 0 radical (unpaired) electrons. The maximum Gasteiger partial charge on any atom is 0.257 e. The van der Waals surface area contributed by atoms with Gasteiger partial charge in [0.05, 0.1) is 13.7 Å². The van der Waals surface area contributed by atoms with Crippen molar-refractivity contribution >= 4 is 20.1 Å². The number of ether oxygens (including phenoxy) is 1. The van der Waals surface area contributed by atoms with Crippen molar-refractivity contribution in [3.05, 3.63) is 11.8 Å². The molecule has 0 bridgehead atoms. The molecule has 0 N–H and O–H groups in total. The molecule has 0 aromatic rings. The van der Waals surface area contributed by atoms with Crippen molar-refractivity contribution in [3.8, 4) is 0 Å². The second-order valence-electron chi connectivity index (χ2n) is 6.57. The van der Waals surface area contributed by atoms with E-state index < -0.39 is 14.4 Å². The molecule has 5 nitrogen and oxygen atoms in total. The van der Waals surface area contributed by atoms with Crippen molar-refractivity contribution in [1.82, 2.24) is 4.90 Å². The Hall–Kier alpha value is -1.14. The summed E-state index contributed by atoms with van der Waals surface area (Å²) in [5.74, 6) is -0.135. The third kappa shape index (κ3) is 3.30. The minimum absolute atomic E-state index is 0.0770. The number of amides is 2. The van der Waals surface area contributed by atoms with Crippen LogP contribution in [0.4, 0.5) is 0 Å². The van der Waals surface area contributed by atoms with Gasteiger partial charge in [0, 0.05) is 13.0 Å². The normalized spacial score (nSPS) is 20.1. The van der Waals surface area contributed by atoms with Gasteiger partial charge < -0.3 is 9.16 Å². The summed E-state index contributed by atoms with van der Waals surface area (Å²) in [7, 11) is -0.431. The van der Waals surface area contributed by atoms with Gasteiger partial charge in [0.1, 0.15) is 11.8 Å². The average molecular weight is 299 g/mol. The van der Waals surface area contributed by atoms with Crippen molar-refractivity contribution in [3.63, 3.8) is 0 Å². The predicted octanol–water partition coefficient (Wildman–Crippen LogP) is 2.30. The molecule has 0 aromatic carbocycles. The van der Waals surface area contributed by atoms with Gasteiger partial charge in [-0.25, -0.2) is 0 Å². The molecule has 114 valence electrons. The zero-order valence-electron chi connectivity index (χ0n) is 13.4. The first-order valence-corrected chi connectivity index (χ1v) is 9.65. The second-order valence-corrected chi connectivity index (χ2v) is 11.4. The molecule has 0 saturated carbocycles. The Morgan fingerprint density at radius 3 is 2.35 bits per heavy atom. The van der Waals surface area contributed by atoms with Crippen LogP contribution in [0.2, 0.25) is 18.1 Å². The van der Waals surface area contributed by atoms with Gasteiger partial charge in [-0.1, -0.05) is 20.8 Å². The molecule has 0 unspecified atom stereocenters. The SMILES string of the molecule is COC1=CC(=O)N(C(C)=O)[C@H]1CO[Si](C)(C)C(C)(C)C. The Balaban J connectivity index is 2.86. The van der Waals surface area contributed by atoms with E-state index in [0.29, 0.717) is 12.4 Å². The van der Waals surface area contributed by atoms with E-state index in [9.17, 15) is 9.59 Å². The fraction of sp³-hybridized carbons (Fsp3) is 0.714. The number of imide groups is 1. The van der Waals surface area contributed by atoms with Crippen LogP contribution < -0.4 is 0 Å². The molecule has 20 heavy (non-hydrogen) atoms.